The van der Waals surface area contributed by atoms with Gasteiger partial charge in [-0.2, -0.15) is 0 Å². The molecule has 0 unspecified atom stereocenters. The van der Waals surface area contributed by atoms with E-state index in [0.717, 1.165) is 12.1 Å². The Balaban J connectivity index is 3.28. The molecular formula is C9H10F2N2O2S. The van der Waals surface area contributed by atoms with Gasteiger partial charge in [0.1, 0.15) is 11.6 Å². The summed E-state index contributed by atoms with van der Waals surface area (Å²) < 4.78 is 51.4. The molecule has 0 saturated carbocycles. The van der Waals surface area contributed by atoms with Crippen LogP contribution in [0, 0.1) is 11.6 Å². The highest BCUT2D eigenvalue weighted by molar-refractivity contribution is 7.89. The summed E-state index contributed by atoms with van der Waals surface area (Å²) in [6, 6.07) is 1.48. The van der Waals surface area contributed by atoms with Gasteiger partial charge in [0, 0.05) is 12.2 Å². The molecule has 0 fully saturated rings. The molecule has 0 atom stereocenters. The van der Waals surface area contributed by atoms with E-state index in [4.69, 9.17) is 5.73 Å². The Labute approximate surface area is 91.8 Å². The Bertz CT molecular complexity index is 491. The first-order valence-corrected chi connectivity index (χ1v) is 5.72. The molecule has 0 heterocycles. The third-order valence-corrected chi connectivity index (χ3v) is 3.18. The van der Waals surface area contributed by atoms with Crippen molar-refractivity contribution in [2.75, 3.05) is 12.3 Å². The van der Waals surface area contributed by atoms with Crippen molar-refractivity contribution in [3.63, 3.8) is 0 Å². The third-order valence-electron chi connectivity index (χ3n) is 1.71. The quantitative estimate of drug-likeness (QED) is 0.617. The number of nitrogens with two attached hydrogens (primary N) is 1. The number of rotatable bonds is 4. The molecule has 0 aliphatic rings. The number of nitrogens with one attached hydrogen (secondary N) is 1. The summed E-state index contributed by atoms with van der Waals surface area (Å²) in [6.07, 6.45) is 1.25. The minimum absolute atomic E-state index is 0.119. The number of benzene rings is 1. The van der Waals surface area contributed by atoms with E-state index in [9.17, 15) is 17.2 Å². The minimum Gasteiger partial charge on any atom is -0.399 e. The van der Waals surface area contributed by atoms with Crippen LogP contribution in [0.1, 0.15) is 0 Å². The summed E-state index contributed by atoms with van der Waals surface area (Å²) in [7, 11) is -4.23. The molecule has 0 aliphatic heterocycles. The maximum Gasteiger partial charge on any atom is 0.246 e. The smallest absolute Gasteiger partial charge is 0.246 e. The summed E-state index contributed by atoms with van der Waals surface area (Å²) >= 11 is 0. The zero-order valence-corrected chi connectivity index (χ0v) is 9.02. The van der Waals surface area contributed by atoms with E-state index in [1.165, 1.54) is 6.08 Å². The zero-order valence-electron chi connectivity index (χ0n) is 8.20. The molecule has 0 bridgehead atoms. The number of hydrogen-bond acceptors (Lipinski definition) is 3. The maximum absolute atomic E-state index is 13.3. The summed E-state index contributed by atoms with van der Waals surface area (Å²) in [5.41, 5.74) is 4.98. The van der Waals surface area contributed by atoms with E-state index >= 15 is 0 Å². The topological polar surface area (TPSA) is 72.2 Å². The zero-order chi connectivity index (χ0) is 12.3. The second kappa shape index (κ2) is 4.58. The molecular weight excluding hydrogens is 238 g/mol. The van der Waals surface area contributed by atoms with Gasteiger partial charge in [0.15, 0.2) is 4.90 Å². The molecule has 0 saturated heterocycles. The van der Waals surface area contributed by atoms with E-state index in [0.29, 0.717) is 0 Å². The van der Waals surface area contributed by atoms with Crippen LogP contribution in [-0.4, -0.2) is 15.0 Å². The Morgan fingerprint density at radius 3 is 2.31 bits per heavy atom. The molecule has 4 nitrogen and oxygen atoms in total. The second-order valence-electron chi connectivity index (χ2n) is 2.95. The van der Waals surface area contributed by atoms with Crippen LogP contribution in [-0.2, 0) is 10.0 Å². The Kier molecular flexibility index (Phi) is 3.61. The number of sulfonamides is 1. The van der Waals surface area contributed by atoms with Crippen LogP contribution in [0.2, 0.25) is 0 Å². The normalized spacial score (nSPS) is 11.4. The molecule has 0 aliphatic carbocycles. The van der Waals surface area contributed by atoms with Crippen LogP contribution in [0.4, 0.5) is 14.5 Å². The fourth-order valence-electron chi connectivity index (χ4n) is 1.08. The minimum atomic E-state index is -4.23. The van der Waals surface area contributed by atoms with E-state index in [1.807, 2.05) is 4.72 Å². The molecule has 0 radical (unpaired) electrons. The first-order chi connectivity index (χ1) is 7.38. The van der Waals surface area contributed by atoms with Crippen molar-refractivity contribution < 1.29 is 17.2 Å². The lowest BCUT2D eigenvalue weighted by atomic mass is 10.3. The summed E-state index contributed by atoms with van der Waals surface area (Å²) in [4.78, 5) is -1.04. The van der Waals surface area contributed by atoms with E-state index in [2.05, 4.69) is 6.58 Å². The highest BCUT2D eigenvalue weighted by Crippen LogP contribution is 2.21. The average molecular weight is 248 g/mol. The van der Waals surface area contributed by atoms with Gasteiger partial charge in [-0.1, -0.05) is 6.08 Å². The van der Waals surface area contributed by atoms with Crippen LogP contribution in [0.5, 0.6) is 0 Å². The van der Waals surface area contributed by atoms with Gasteiger partial charge in [-0.05, 0) is 12.1 Å². The van der Waals surface area contributed by atoms with Gasteiger partial charge >= 0.3 is 0 Å². The van der Waals surface area contributed by atoms with Crippen molar-refractivity contribution in [3.05, 3.63) is 36.4 Å². The predicted molar refractivity (Wildman–Crippen MR) is 56.2 cm³/mol. The van der Waals surface area contributed by atoms with Gasteiger partial charge in [-0.25, -0.2) is 21.9 Å². The average Bonchev–Trinajstić information content (AvgIpc) is 2.12. The lowest BCUT2D eigenvalue weighted by Gasteiger charge is -2.07. The molecule has 7 heteroatoms. The van der Waals surface area contributed by atoms with Gasteiger partial charge < -0.3 is 5.73 Å². The lowest BCUT2D eigenvalue weighted by molar-refractivity contribution is 0.516. The van der Waals surface area contributed by atoms with Crippen molar-refractivity contribution in [2.45, 2.75) is 4.90 Å². The monoisotopic (exact) mass is 248 g/mol. The summed E-state index contributed by atoms with van der Waals surface area (Å²) in [5.74, 6) is -2.46. The first kappa shape index (κ1) is 12.6. The van der Waals surface area contributed by atoms with Crippen LogP contribution >= 0.6 is 0 Å². The Hall–Kier alpha value is -1.47. The van der Waals surface area contributed by atoms with Crippen molar-refractivity contribution in [3.8, 4) is 0 Å². The molecule has 0 aromatic heterocycles. The van der Waals surface area contributed by atoms with Gasteiger partial charge in [0.05, 0.1) is 0 Å². The maximum atomic E-state index is 13.3. The number of hydrogen-bond donors (Lipinski definition) is 2. The third kappa shape index (κ3) is 2.56. The van der Waals surface area contributed by atoms with E-state index < -0.39 is 26.6 Å². The predicted octanol–water partition coefficient (Wildman–Crippen LogP) is 1.01. The van der Waals surface area contributed by atoms with Gasteiger partial charge in [-0.3, -0.25) is 0 Å². The lowest BCUT2D eigenvalue weighted by Crippen LogP contribution is -2.25. The second-order valence-corrected chi connectivity index (χ2v) is 4.66. The Morgan fingerprint density at radius 2 is 1.88 bits per heavy atom. The highest BCUT2D eigenvalue weighted by atomic mass is 32.2. The summed E-state index contributed by atoms with van der Waals surface area (Å²) in [6.45, 7) is 3.16. The molecule has 0 spiro atoms. The standard InChI is InChI=1S/C9H10F2N2O2S/c1-2-3-13-16(14,15)9-7(10)4-6(12)5-8(9)11/h2,4-5,13H,1,3,12H2. The van der Waals surface area contributed by atoms with Gasteiger partial charge in [-0.15, -0.1) is 6.58 Å². The van der Waals surface area contributed by atoms with Crippen molar-refractivity contribution in [1.82, 2.24) is 4.72 Å². The SMILES string of the molecule is C=CCNS(=O)(=O)c1c(F)cc(N)cc1F. The number of halogens is 2. The highest BCUT2D eigenvalue weighted by Gasteiger charge is 2.23. The molecule has 0 amide bonds. The molecule has 88 valence electrons. The van der Waals surface area contributed by atoms with Crippen LogP contribution in [0.25, 0.3) is 0 Å². The molecule has 1 aromatic carbocycles. The first-order valence-electron chi connectivity index (χ1n) is 4.23. The molecule has 1 rings (SSSR count). The van der Waals surface area contributed by atoms with Crippen LogP contribution < -0.4 is 10.5 Å². The van der Waals surface area contributed by atoms with Gasteiger partial charge in [0.25, 0.3) is 0 Å². The number of anilines is 1. The van der Waals surface area contributed by atoms with Crippen molar-refractivity contribution in [1.29, 1.82) is 0 Å². The number of nitrogen functional groups attached to an aromatic ring is 1. The fraction of sp³-hybridized carbons (Fsp3) is 0.111. The van der Waals surface area contributed by atoms with E-state index in [1.54, 1.807) is 0 Å². The largest absolute Gasteiger partial charge is 0.399 e. The van der Waals surface area contributed by atoms with E-state index in [-0.39, 0.29) is 12.2 Å². The molecule has 3 N–H and O–H groups in total. The summed E-state index contributed by atoms with van der Waals surface area (Å²) in [5, 5.41) is 0. The van der Waals surface area contributed by atoms with Crippen molar-refractivity contribution in [2.24, 2.45) is 0 Å². The van der Waals surface area contributed by atoms with Crippen molar-refractivity contribution >= 4 is 15.7 Å². The van der Waals surface area contributed by atoms with Crippen LogP contribution in [0.3, 0.4) is 0 Å². The van der Waals surface area contributed by atoms with Gasteiger partial charge in [0.2, 0.25) is 10.0 Å². The Morgan fingerprint density at radius 1 is 1.38 bits per heavy atom. The molecule has 1 aromatic rings. The fourth-order valence-corrected chi connectivity index (χ4v) is 2.19. The molecule has 16 heavy (non-hydrogen) atoms. The van der Waals surface area contributed by atoms with Crippen LogP contribution in [0.15, 0.2) is 29.7 Å².